The van der Waals surface area contributed by atoms with Gasteiger partial charge >= 0.3 is 5.97 Å². The molecule has 0 spiro atoms. The minimum Gasteiger partial charge on any atom is -0.427 e. The van der Waals surface area contributed by atoms with Gasteiger partial charge in [0.2, 0.25) is 0 Å². The molecule has 0 aromatic heterocycles. The monoisotopic (exact) mass is 231 g/mol. The van der Waals surface area contributed by atoms with Gasteiger partial charge in [-0.15, -0.1) is 0 Å². The summed E-state index contributed by atoms with van der Waals surface area (Å²) in [5.74, 6) is 0.455. The maximum absolute atomic E-state index is 11.6. The summed E-state index contributed by atoms with van der Waals surface area (Å²) in [7, 11) is 0. The van der Waals surface area contributed by atoms with Gasteiger partial charge in [-0.3, -0.25) is 4.79 Å². The quantitative estimate of drug-likeness (QED) is 0.491. The van der Waals surface area contributed by atoms with E-state index in [2.05, 4.69) is 11.4 Å². The Morgan fingerprint density at radius 2 is 2.12 bits per heavy atom. The highest BCUT2D eigenvalue weighted by Gasteiger charge is 2.08. The number of rotatable bonds is 4. The van der Waals surface area contributed by atoms with Gasteiger partial charge in [0.25, 0.3) is 0 Å². The number of carbonyl (C=O) groups excluding carboxylic acids is 1. The second-order valence-corrected chi connectivity index (χ2v) is 4.11. The first-order valence-electron chi connectivity index (χ1n) is 5.99. The summed E-state index contributed by atoms with van der Waals surface area (Å²) < 4.78 is 5.22. The molecule has 17 heavy (non-hydrogen) atoms. The molecule has 1 aliphatic rings. The molecule has 1 heterocycles. The minimum atomic E-state index is -0.164. The van der Waals surface area contributed by atoms with Crippen LogP contribution in [0.4, 0.5) is 0 Å². The van der Waals surface area contributed by atoms with E-state index in [4.69, 9.17) is 4.74 Å². The number of carbonyl (C=O) groups is 1. The molecule has 0 unspecified atom stereocenters. The second kappa shape index (κ2) is 6.21. The number of benzene rings is 1. The van der Waals surface area contributed by atoms with Crippen LogP contribution in [0.2, 0.25) is 0 Å². The number of esters is 1. The molecule has 0 radical (unpaired) electrons. The van der Waals surface area contributed by atoms with Crippen molar-refractivity contribution in [2.24, 2.45) is 0 Å². The molecule has 1 aromatic rings. The first-order chi connectivity index (χ1) is 8.34. The van der Waals surface area contributed by atoms with E-state index in [1.807, 2.05) is 18.2 Å². The van der Waals surface area contributed by atoms with Gasteiger partial charge in [-0.25, -0.2) is 0 Å². The third-order valence-electron chi connectivity index (χ3n) is 2.73. The third-order valence-corrected chi connectivity index (χ3v) is 2.73. The van der Waals surface area contributed by atoms with Gasteiger partial charge in [0.05, 0.1) is 0 Å². The fraction of sp³-hybridized carbons (Fsp3) is 0.357. The first-order valence-corrected chi connectivity index (χ1v) is 5.99. The average molecular weight is 231 g/mol. The van der Waals surface area contributed by atoms with Crippen LogP contribution in [0.3, 0.4) is 0 Å². The molecule has 0 bridgehead atoms. The fourth-order valence-corrected chi connectivity index (χ4v) is 1.82. The molecule has 0 fully saturated rings. The molecule has 1 aromatic carbocycles. The van der Waals surface area contributed by atoms with Crippen molar-refractivity contribution in [1.82, 2.24) is 5.32 Å². The number of ether oxygens (including phenoxy) is 1. The van der Waals surface area contributed by atoms with E-state index in [0.717, 1.165) is 25.9 Å². The molecule has 3 nitrogen and oxygen atoms in total. The molecule has 0 aliphatic carbocycles. The zero-order chi connectivity index (χ0) is 11.9. The lowest BCUT2D eigenvalue weighted by Gasteiger charge is -2.13. The van der Waals surface area contributed by atoms with Crippen LogP contribution in [0, 0.1) is 0 Å². The highest BCUT2D eigenvalue weighted by molar-refractivity contribution is 5.72. The van der Waals surface area contributed by atoms with Crippen molar-refractivity contribution < 1.29 is 9.53 Å². The predicted octanol–water partition coefficient (Wildman–Crippen LogP) is 2.29. The SMILES string of the molecule is O=C(CCC1=CCCNC1)Oc1ccccc1. The van der Waals surface area contributed by atoms with E-state index in [9.17, 15) is 4.79 Å². The summed E-state index contributed by atoms with van der Waals surface area (Å²) in [6.45, 7) is 1.94. The minimum absolute atomic E-state index is 0.164. The molecule has 0 amide bonds. The molecule has 0 saturated heterocycles. The average Bonchev–Trinajstić information content (AvgIpc) is 2.39. The number of hydrogen-bond donors (Lipinski definition) is 1. The summed E-state index contributed by atoms with van der Waals surface area (Å²) in [5, 5.41) is 3.29. The van der Waals surface area contributed by atoms with Crippen LogP contribution in [0.5, 0.6) is 5.75 Å². The maximum Gasteiger partial charge on any atom is 0.311 e. The Morgan fingerprint density at radius 3 is 2.82 bits per heavy atom. The van der Waals surface area contributed by atoms with Gasteiger partial charge in [0.15, 0.2) is 0 Å². The topological polar surface area (TPSA) is 38.3 Å². The highest BCUT2D eigenvalue weighted by atomic mass is 16.5. The largest absolute Gasteiger partial charge is 0.427 e. The molecule has 1 N–H and O–H groups in total. The smallest absolute Gasteiger partial charge is 0.311 e. The fourth-order valence-electron chi connectivity index (χ4n) is 1.82. The van der Waals surface area contributed by atoms with Gasteiger partial charge in [-0.1, -0.05) is 29.8 Å². The lowest BCUT2D eigenvalue weighted by atomic mass is 10.1. The van der Waals surface area contributed by atoms with Gasteiger partial charge < -0.3 is 10.1 Å². The standard InChI is InChI=1S/C14H17NO2/c16-14(17-13-6-2-1-3-7-13)9-8-12-5-4-10-15-11-12/h1-3,5-7,15H,4,8-11H2. The molecule has 1 aliphatic heterocycles. The Kier molecular flexibility index (Phi) is 4.33. The third kappa shape index (κ3) is 4.04. The molecular weight excluding hydrogens is 214 g/mol. The van der Waals surface area contributed by atoms with E-state index in [0.29, 0.717) is 12.2 Å². The van der Waals surface area contributed by atoms with Crippen LogP contribution in [-0.4, -0.2) is 19.1 Å². The Labute approximate surface area is 101 Å². The van der Waals surface area contributed by atoms with Gasteiger partial charge in [0, 0.05) is 13.0 Å². The summed E-state index contributed by atoms with van der Waals surface area (Å²) >= 11 is 0. The molecule has 3 heteroatoms. The Morgan fingerprint density at radius 1 is 1.29 bits per heavy atom. The van der Waals surface area contributed by atoms with Crippen LogP contribution in [0.25, 0.3) is 0 Å². The first kappa shape index (κ1) is 11.9. The van der Waals surface area contributed by atoms with Crippen molar-refractivity contribution in [1.29, 1.82) is 0 Å². The van der Waals surface area contributed by atoms with Crippen LogP contribution < -0.4 is 10.1 Å². The van der Waals surface area contributed by atoms with E-state index < -0.39 is 0 Å². The zero-order valence-electron chi connectivity index (χ0n) is 9.82. The van der Waals surface area contributed by atoms with Crippen molar-refractivity contribution in [3.8, 4) is 5.75 Å². The summed E-state index contributed by atoms with van der Waals surface area (Å²) in [6, 6.07) is 9.20. The molecule has 0 atom stereocenters. The van der Waals surface area contributed by atoms with Crippen LogP contribution in [0.1, 0.15) is 19.3 Å². The highest BCUT2D eigenvalue weighted by Crippen LogP contribution is 2.12. The number of para-hydroxylation sites is 1. The van der Waals surface area contributed by atoms with E-state index in [1.54, 1.807) is 12.1 Å². The summed E-state index contributed by atoms with van der Waals surface area (Å²) in [6.07, 6.45) is 4.51. The lowest BCUT2D eigenvalue weighted by molar-refractivity contribution is -0.134. The van der Waals surface area contributed by atoms with Crippen molar-refractivity contribution in [2.75, 3.05) is 13.1 Å². The number of nitrogens with one attached hydrogen (secondary N) is 1. The lowest BCUT2D eigenvalue weighted by Crippen LogP contribution is -2.22. The van der Waals surface area contributed by atoms with E-state index >= 15 is 0 Å². The predicted molar refractivity (Wildman–Crippen MR) is 66.9 cm³/mol. The van der Waals surface area contributed by atoms with Crippen LogP contribution in [0.15, 0.2) is 42.0 Å². The molecular formula is C14H17NO2. The zero-order valence-corrected chi connectivity index (χ0v) is 9.82. The Bertz CT molecular complexity index is 398. The second-order valence-electron chi connectivity index (χ2n) is 4.11. The Balaban J connectivity index is 1.76. The van der Waals surface area contributed by atoms with Crippen molar-refractivity contribution in [2.45, 2.75) is 19.3 Å². The summed E-state index contributed by atoms with van der Waals surface area (Å²) in [5.41, 5.74) is 1.31. The van der Waals surface area contributed by atoms with Crippen molar-refractivity contribution in [3.05, 3.63) is 42.0 Å². The maximum atomic E-state index is 11.6. The molecule has 2 rings (SSSR count). The normalized spacial score (nSPS) is 15.2. The van der Waals surface area contributed by atoms with Gasteiger partial charge in [-0.2, -0.15) is 0 Å². The van der Waals surface area contributed by atoms with Gasteiger partial charge in [0.1, 0.15) is 5.75 Å². The van der Waals surface area contributed by atoms with Crippen LogP contribution in [-0.2, 0) is 4.79 Å². The van der Waals surface area contributed by atoms with Crippen LogP contribution >= 0.6 is 0 Å². The number of hydrogen-bond acceptors (Lipinski definition) is 3. The van der Waals surface area contributed by atoms with E-state index in [1.165, 1.54) is 5.57 Å². The van der Waals surface area contributed by atoms with Crippen molar-refractivity contribution in [3.63, 3.8) is 0 Å². The van der Waals surface area contributed by atoms with Gasteiger partial charge in [-0.05, 0) is 31.5 Å². The van der Waals surface area contributed by atoms with Crippen molar-refractivity contribution >= 4 is 5.97 Å². The Hall–Kier alpha value is -1.61. The molecule has 0 saturated carbocycles. The molecule has 90 valence electrons. The summed E-state index contributed by atoms with van der Waals surface area (Å²) in [4.78, 5) is 11.6. The van der Waals surface area contributed by atoms with E-state index in [-0.39, 0.29) is 5.97 Å².